The summed E-state index contributed by atoms with van der Waals surface area (Å²) in [6.07, 6.45) is -0.167. The van der Waals surface area contributed by atoms with E-state index in [1.807, 2.05) is 0 Å². The van der Waals surface area contributed by atoms with Crippen LogP contribution in [0.4, 0.5) is 0 Å². The van der Waals surface area contributed by atoms with E-state index in [-0.39, 0.29) is 18.5 Å². The minimum Gasteiger partial charge on any atom is -0.394 e. The van der Waals surface area contributed by atoms with Gasteiger partial charge in [0.1, 0.15) is 6.61 Å². The Balaban J connectivity index is 0. The van der Waals surface area contributed by atoms with Gasteiger partial charge >= 0.3 is 0 Å². The summed E-state index contributed by atoms with van der Waals surface area (Å²) in [6.45, 7) is 4.44. The van der Waals surface area contributed by atoms with Gasteiger partial charge in [-0.25, -0.2) is 0 Å². The van der Waals surface area contributed by atoms with Crippen LogP contribution in [0, 0.1) is 0 Å². The third-order valence-corrected chi connectivity index (χ3v) is 0.223. The summed E-state index contributed by atoms with van der Waals surface area (Å²) < 4.78 is 0. The standard InChI is InChI=1S/C3H6O2.C3H8O/c1-3(5)2-4;1-3(2)4/h4H,2H2,1H3;3-4H,1-2H3. The van der Waals surface area contributed by atoms with Gasteiger partial charge in [-0.05, 0) is 20.8 Å². The summed E-state index contributed by atoms with van der Waals surface area (Å²) in [6, 6.07) is 0. The topological polar surface area (TPSA) is 57.5 Å². The molecule has 2 N–H and O–H groups in total. The first-order valence-corrected chi connectivity index (χ1v) is 2.79. The molecule has 0 fully saturated rings. The minimum atomic E-state index is -0.333. The molecule has 0 saturated heterocycles. The van der Waals surface area contributed by atoms with Crippen LogP contribution in [0.25, 0.3) is 0 Å². The number of aliphatic hydroxyl groups is 2. The second-order valence-corrected chi connectivity index (χ2v) is 1.95. The number of aliphatic hydroxyl groups excluding tert-OH is 2. The zero-order valence-electron chi connectivity index (χ0n) is 6.09. The van der Waals surface area contributed by atoms with Crippen LogP contribution in [0.15, 0.2) is 0 Å². The van der Waals surface area contributed by atoms with E-state index in [1.165, 1.54) is 6.92 Å². The molecule has 0 amide bonds. The lowest BCUT2D eigenvalue weighted by Gasteiger charge is -1.80. The van der Waals surface area contributed by atoms with Gasteiger partial charge < -0.3 is 10.2 Å². The highest BCUT2D eigenvalue weighted by molar-refractivity contribution is 5.76. The van der Waals surface area contributed by atoms with Gasteiger partial charge in [0.05, 0.1) is 0 Å². The van der Waals surface area contributed by atoms with E-state index < -0.39 is 0 Å². The van der Waals surface area contributed by atoms with Crippen LogP contribution in [0.5, 0.6) is 0 Å². The van der Waals surface area contributed by atoms with E-state index in [9.17, 15) is 4.79 Å². The highest BCUT2D eigenvalue weighted by Gasteiger charge is 1.78. The third kappa shape index (κ3) is 93.8. The van der Waals surface area contributed by atoms with Gasteiger partial charge in [-0.2, -0.15) is 0 Å². The number of carbonyl (C=O) groups excluding carboxylic acids is 1. The molecule has 0 heterocycles. The molecule has 0 spiro atoms. The first-order chi connectivity index (χ1) is 4.00. The molecule has 0 unspecified atom stereocenters. The summed E-state index contributed by atoms with van der Waals surface area (Å²) in [5, 5.41) is 15.8. The fourth-order valence-corrected chi connectivity index (χ4v) is 0. The summed E-state index contributed by atoms with van der Waals surface area (Å²) in [5.74, 6) is -0.190. The van der Waals surface area contributed by atoms with E-state index in [4.69, 9.17) is 10.2 Å². The summed E-state index contributed by atoms with van der Waals surface area (Å²) in [4.78, 5) is 9.56. The number of ketones is 1. The van der Waals surface area contributed by atoms with E-state index in [0.29, 0.717) is 0 Å². The lowest BCUT2D eigenvalue weighted by molar-refractivity contribution is -0.119. The molecule has 0 rings (SSSR count). The van der Waals surface area contributed by atoms with Crippen LogP contribution in [0.2, 0.25) is 0 Å². The summed E-state index contributed by atoms with van der Waals surface area (Å²) in [5.41, 5.74) is 0. The molecule has 0 aromatic carbocycles. The maximum Gasteiger partial charge on any atom is 0.155 e. The normalized spacial score (nSPS) is 8.22. The number of rotatable bonds is 1. The van der Waals surface area contributed by atoms with Crippen molar-refractivity contribution in [1.82, 2.24) is 0 Å². The lowest BCUT2D eigenvalue weighted by Crippen LogP contribution is -1.93. The predicted octanol–water partition coefficient (Wildman–Crippen LogP) is -0.0452. The molecule has 0 radical (unpaired) electrons. The molecule has 0 saturated carbocycles. The molecular formula is C6H14O3. The Hall–Kier alpha value is -0.410. The predicted molar refractivity (Wildman–Crippen MR) is 35.1 cm³/mol. The van der Waals surface area contributed by atoms with Gasteiger partial charge in [0.25, 0.3) is 0 Å². The van der Waals surface area contributed by atoms with Crippen molar-refractivity contribution in [3.8, 4) is 0 Å². The fraction of sp³-hybridized carbons (Fsp3) is 0.833. The minimum absolute atomic E-state index is 0.167. The maximum atomic E-state index is 9.56. The molecule has 56 valence electrons. The van der Waals surface area contributed by atoms with Gasteiger partial charge in [-0.3, -0.25) is 4.79 Å². The highest BCUT2D eigenvalue weighted by Crippen LogP contribution is 1.65. The smallest absolute Gasteiger partial charge is 0.155 e. The van der Waals surface area contributed by atoms with Crippen LogP contribution < -0.4 is 0 Å². The molecule has 0 aromatic heterocycles. The second-order valence-electron chi connectivity index (χ2n) is 1.95. The zero-order chi connectivity index (χ0) is 7.86. The largest absolute Gasteiger partial charge is 0.394 e. The van der Waals surface area contributed by atoms with Gasteiger partial charge in [-0.15, -0.1) is 0 Å². The molecule has 0 aliphatic carbocycles. The Kier molecular flexibility index (Phi) is 9.61. The number of Topliss-reactive ketones (excluding diaryl/α,β-unsaturated/α-hetero) is 1. The first kappa shape index (κ1) is 11.4. The molecule has 0 bridgehead atoms. The van der Waals surface area contributed by atoms with Gasteiger partial charge in [0, 0.05) is 6.10 Å². The summed E-state index contributed by atoms with van der Waals surface area (Å²) >= 11 is 0. The van der Waals surface area contributed by atoms with E-state index in [1.54, 1.807) is 13.8 Å². The SMILES string of the molecule is CC(=O)CO.CC(C)O. The lowest BCUT2D eigenvalue weighted by atomic mass is 10.5. The number of hydrogen-bond acceptors (Lipinski definition) is 3. The molecule has 0 atom stereocenters. The van der Waals surface area contributed by atoms with Crippen molar-refractivity contribution in [3.05, 3.63) is 0 Å². The molecule has 0 aliphatic rings. The molecule has 3 nitrogen and oxygen atoms in total. The highest BCUT2D eigenvalue weighted by atomic mass is 16.3. The zero-order valence-corrected chi connectivity index (χ0v) is 6.09. The fourth-order valence-electron chi connectivity index (χ4n) is 0. The first-order valence-electron chi connectivity index (χ1n) is 2.79. The quantitative estimate of drug-likeness (QED) is 0.529. The van der Waals surface area contributed by atoms with Gasteiger partial charge in [0.2, 0.25) is 0 Å². The molecular weight excluding hydrogens is 120 g/mol. The van der Waals surface area contributed by atoms with E-state index >= 15 is 0 Å². The molecule has 0 aliphatic heterocycles. The van der Waals surface area contributed by atoms with Crippen LogP contribution in [0.1, 0.15) is 20.8 Å². The Morgan fingerprint density at radius 1 is 1.56 bits per heavy atom. The number of hydrogen-bond donors (Lipinski definition) is 2. The van der Waals surface area contributed by atoms with Crippen molar-refractivity contribution in [3.63, 3.8) is 0 Å². The monoisotopic (exact) mass is 134 g/mol. The van der Waals surface area contributed by atoms with Crippen molar-refractivity contribution >= 4 is 5.78 Å². The average molecular weight is 134 g/mol. The van der Waals surface area contributed by atoms with Crippen molar-refractivity contribution in [2.75, 3.05) is 6.61 Å². The van der Waals surface area contributed by atoms with Crippen molar-refractivity contribution < 1.29 is 15.0 Å². The van der Waals surface area contributed by atoms with Gasteiger partial charge in [-0.1, -0.05) is 0 Å². The average Bonchev–Trinajstić information content (AvgIpc) is 1.65. The maximum absolute atomic E-state index is 9.56. The van der Waals surface area contributed by atoms with Crippen LogP contribution >= 0.6 is 0 Å². The van der Waals surface area contributed by atoms with Crippen LogP contribution in [-0.4, -0.2) is 28.7 Å². The Morgan fingerprint density at radius 2 is 1.67 bits per heavy atom. The Morgan fingerprint density at radius 3 is 1.67 bits per heavy atom. The number of carbonyl (C=O) groups is 1. The van der Waals surface area contributed by atoms with Crippen molar-refractivity contribution in [2.24, 2.45) is 0 Å². The Bertz CT molecular complexity index is 65.9. The second kappa shape index (κ2) is 7.59. The van der Waals surface area contributed by atoms with Crippen LogP contribution in [-0.2, 0) is 4.79 Å². The molecule has 0 aromatic rings. The van der Waals surface area contributed by atoms with E-state index in [0.717, 1.165) is 0 Å². The van der Waals surface area contributed by atoms with Crippen molar-refractivity contribution in [2.45, 2.75) is 26.9 Å². The summed E-state index contributed by atoms with van der Waals surface area (Å²) in [7, 11) is 0. The molecule has 9 heavy (non-hydrogen) atoms. The van der Waals surface area contributed by atoms with Crippen molar-refractivity contribution in [1.29, 1.82) is 0 Å². The van der Waals surface area contributed by atoms with E-state index in [2.05, 4.69) is 0 Å². The van der Waals surface area contributed by atoms with Crippen LogP contribution in [0.3, 0.4) is 0 Å². The van der Waals surface area contributed by atoms with Gasteiger partial charge in [0.15, 0.2) is 5.78 Å². The third-order valence-electron chi connectivity index (χ3n) is 0.223. The molecule has 3 heteroatoms. The Labute approximate surface area is 55.3 Å².